The fourth-order valence-electron chi connectivity index (χ4n) is 1.86. The summed E-state index contributed by atoms with van der Waals surface area (Å²) in [4.78, 5) is 41.3. The lowest BCUT2D eigenvalue weighted by molar-refractivity contribution is -0.137. The maximum atomic E-state index is 12.5. The molecule has 2 amide bonds. The molecule has 0 unspecified atom stereocenters. The van der Waals surface area contributed by atoms with Gasteiger partial charge in [0.15, 0.2) is 0 Å². The van der Waals surface area contributed by atoms with E-state index in [1.807, 2.05) is 0 Å². The number of ether oxygens (including phenoxy) is 3. The number of carbonyl (C=O) groups is 3. The number of imide groups is 1. The molecule has 0 saturated heterocycles. The molecule has 0 radical (unpaired) electrons. The number of anilines is 1. The van der Waals surface area contributed by atoms with E-state index in [2.05, 4.69) is 4.98 Å². The first kappa shape index (κ1) is 23.1. The summed E-state index contributed by atoms with van der Waals surface area (Å²) >= 11 is 0. The van der Waals surface area contributed by atoms with Crippen LogP contribution in [-0.2, 0) is 19.0 Å². The van der Waals surface area contributed by atoms with E-state index >= 15 is 0 Å². The third-order valence-electron chi connectivity index (χ3n) is 2.85. The van der Waals surface area contributed by atoms with E-state index in [1.165, 1.54) is 24.4 Å². The first-order valence-electron chi connectivity index (χ1n) is 8.89. The highest BCUT2D eigenvalue weighted by Gasteiger charge is 2.33. The minimum atomic E-state index is -0.899. The van der Waals surface area contributed by atoms with Crippen molar-refractivity contribution in [1.82, 2.24) is 4.98 Å². The van der Waals surface area contributed by atoms with E-state index in [9.17, 15) is 14.4 Å². The van der Waals surface area contributed by atoms with Gasteiger partial charge in [0.2, 0.25) is 0 Å². The summed E-state index contributed by atoms with van der Waals surface area (Å²) in [6, 6.07) is 3.05. The molecule has 8 nitrogen and oxygen atoms in total. The summed E-state index contributed by atoms with van der Waals surface area (Å²) in [6.07, 6.45) is 2.39. The molecular formula is C20H28N2O6. The molecule has 8 heteroatoms. The molecule has 1 heterocycles. The number of carbonyl (C=O) groups excluding carboxylic acids is 3. The molecule has 0 N–H and O–H groups in total. The SMILES string of the molecule is CCOC(=O)/C=C/c1ccc(N(C(=O)OC(C)(C)C)C(=O)OC(C)(C)C)nc1. The number of esters is 1. The van der Waals surface area contributed by atoms with Crippen molar-refractivity contribution in [3.63, 3.8) is 0 Å². The van der Waals surface area contributed by atoms with E-state index in [1.54, 1.807) is 54.5 Å². The Morgan fingerprint density at radius 2 is 1.54 bits per heavy atom. The number of pyridine rings is 1. The number of hydrogen-bond donors (Lipinski definition) is 0. The van der Waals surface area contributed by atoms with Crippen LogP contribution in [0, 0.1) is 0 Å². The van der Waals surface area contributed by atoms with Gasteiger partial charge >= 0.3 is 18.2 Å². The lowest BCUT2D eigenvalue weighted by Gasteiger charge is -2.28. The third kappa shape index (κ3) is 8.20. The topological polar surface area (TPSA) is 95.0 Å². The van der Waals surface area contributed by atoms with Crippen LogP contribution in [0.3, 0.4) is 0 Å². The largest absolute Gasteiger partial charge is 0.463 e. The van der Waals surface area contributed by atoms with Gasteiger partial charge in [0.25, 0.3) is 0 Å². The molecule has 0 aliphatic rings. The van der Waals surface area contributed by atoms with E-state index in [0.29, 0.717) is 5.56 Å². The van der Waals surface area contributed by atoms with Crippen molar-refractivity contribution in [2.75, 3.05) is 11.5 Å². The van der Waals surface area contributed by atoms with Gasteiger partial charge in [-0.2, -0.15) is 4.90 Å². The van der Waals surface area contributed by atoms with Crippen molar-refractivity contribution in [3.05, 3.63) is 30.0 Å². The van der Waals surface area contributed by atoms with E-state index in [-0.39, 0.29) is 12.4 Å². The summed E-state index contributed by atoms with van der Waals surface area (Å²) in [5.41, 5.74) is -1.02. The third-order valence-corrected chi connectivity index (χ3v) is 2.85. The Morgan fingerprint density at radius 3 is 1.93 bits per heavy atom. The van der Waals surface area contributed by atoms with Gasteiger partial charge in [-0.1, -0.05) is 0 Å². The number of hydrogen-bond acceptors (Lipinski definition) is 7. The van der Waals surface area contributed by atoms with Crippen LogP contribution in [0.25, 0.3) is 6.08 Å². The van der Waals surface area contributed by atoms with Crippen LogP contribution in [-0.4, -0.2) is 40.9 Å². The summed E-state index contributed by atoms with van der Waals surface area (Å²) in [6.45, 7) is 12.1. The Labute approximate surface area is 165 Å². The molecule has 0 aliphatic carbocycles. The highest BCUT2D eigenvalue weighted by Crippen LogP contribution is 2.20. The van der Waals surface area contributed by atoms with E-state index in [4.69, 9.17) is 14.2 Å². The molecule has 0 aromatic carbocycles. The number of nitrogens with zero attached hydrogens (tertiary/aromatic N) is 2. The highest BCUT2D eigenvalue weighted by atomic mass is 16.6. The smallest absolute Gasteiger partial charge is 0.425 e. The monoisotopic (exact) mass is 392 g/mol. The van der Waals surface area contributed by atoms with Crippen LogP contribution < -0.4 is 4.90 Å². The maximum absolute atomic E-state index is 12.5. The second-order valence-corrected chi connectivity index (χ2v) is 7.83. The second-order valence-electron chi connectivity index (χ2n) is 7.83. The number of aromatic nitrogens is 1. The first-order chi connectivity index (χ1) is 12.8. The van der Waals surface area contributed by atoms with Crippen LogP contribution >= 0.6 is 0 Å². The zero-order valence-corrected chi connectivity index (χ0v) is 17.4. The Bertz CT molecular complexity index is 699. The van der Waals surface area contributed by atoms with Crippen molar-refractivity contribution in [3.8, 4) is 0 Å². The van der Waals surface area contributed by atoms with Gasteiger partial charge in [0.1, 0.15) is 17.0 Å². The quantitative estimate of drug-likeness (QED) is 0.427. The molecule has 1 aromatic heterocycles. The summed E-state index contributed by atoms with van der Waals surface area (Å²) < 4.78 is 15.4. The fraction of sp³-hybridized carbons (Fsp3) is 0.500. The minimum Gasteiger partial charge on any atom is -0.463 e. The Hall–Kier alpha value is -2.90. The van der Waals surface area contributed by atoms with Gasteiger partial charge in [-0.3, -0.25) is 0 Å². The van der Waals surface area contributed by atoms with Gasteiger partial charge in [-0.05, 0) is 72.2 Å². The Kier molecular flexibility index (Phi) is 7.72. The van der Waals surface area contributed by atoms with Crippen molar-refractivity contribution in [1.29, 1.82) is 0 Å². The Balaban J connectivity index is 3.11. The number of rotatable bonds is 4. The lowest BCUT2D eigenvalue weighted by Crippen LogP contribution is -2.44. The van der Waals surface area contributed by atoms with Crippen LogP contribution in [0.4, 0.5) is 15.4 Å². The predicted molar refractivity (Wildman–Crippen MR) is 105 cm³/mol. The van der Waals surface area contributed by atoms with Gasteiger partial charge in [-0.25, -0.2) is 19.4 Å². The standard InChI is InChI=1S/C20H28N2O6/c1-8-26-16(23)12-10-14-9-11-15(21-13-14)22(17(24)27-19(2,3)4)18(25)28-20(5,6)7/h9-13H,8H2,1-7H3/b12-10+. The average molecular weight is 392 g/mol. The van der Waals surface area contributed by atoms with Crippen molar-refractivity contribution in [2.24, 2.45) is 0 Å². The van der Waals surface area contributed by atoms with Crippen molar-refractivity contribution >= 4 is 30.0 Å². The zero-order valence-electron chi connectivity index (χ0n) is 17.4. The highest BCUT2D eigenvalue weighted by molar-refractivity contribution is 6.08. The zero-order chi connectivity index (χ0) is 21.5. The molecule has 0 atom stereocenters. The van der Waals surface area contributed by atoms with E-state index in [0.717, 1.165) is 4.90 Å². The molecule has 28 heavy (non-hydrogen) atoms. The normalized spacial score (nSPS) is 11.8. The fourth-order valence-corrected chi connectivity index (χ4v) is 1.86. The number of amides is 2. The predicted octanol–water partition coefficient (Wildman–Crippen LogP) is 4.33. The molecule has 0 saturated carbocycles. The molecule has 0 fully saturated rings. The van der Waals surface area contributed by atoms with Gasteiger partial charge in [0, 0.05) is 12.3 Å². The molecule has 0 bridgehead atoms. The molecule has 1 rings (SSSR count). The van der Waals surface area contributed by atoms with Gasteiger partial charge < -0.3 is 14.2 Å². The van der Waals surface area contributed by atoms with Gasteiger partial charge in [0.05, 0.1) is 6.61 Å². The minimum absolute atomic E-state index is 0.0387. The summed E-state index contributed by atoms with van der Waals surface area (Å²) in [5.74, 6) is -0.438. The maximum Gasteiger partial charge on any atom is 0.425 e. The molecule has 0 aliphatic heterocycles. The van der Waals surface area contributed by atoms with E-state index < -0.39 is 29.4 Å². The van der Waals surface area contributed by atoms with Crippen LogP contribution in [0.1, 0.15) is 54.0 Å². The van der Waals surface area contributed by atoms with Crippen LogP contribution in [0.15, 0.2) is 24.4 Å². The summed E-state index contributed by atoms with van der Waals surface area (Å²) in [5, 5.41) is 0. The lowest BCUT2D eigenvalue weighted by atomic mass is 10.2. The molecule has 0 spiro atoms. The second kappa shape index (κ2) is 9.34. The van der Waals surface area contributed by atoms with Gasteiger partial charge in [-0.15, -0.1) is 0 Å². The van der Waals surface area contributed by atoms with Crippen molar-refractivity contribution < 1.29 is 28.6 Å². The van der Waals surface area contributed by atoms with Crippen molar-refractivity contribution in [2.45, 2.75) is 59.7 Å². The van der Waals surface area contributed by atoms with Crippen LogP contribution in [0.5, 0.6) is 0 Å². The Morgan fingerprint density at radius 1 is 1.00 bits per heavy atom. The molecule has 154 valence electrons. The summed E-state index contributed by atoms with van der Waals surface area (Å²) in [7, 11) is 0. The first-order valence-corrected chi connectivity index (χ1v) is 8.89. The molecule has 1 aromatic rings. The molecular weight excluding hydrogens is 364 g/mol. The van der Waals surface area contributed by atoms with Crippen LogP contribution in [0.2, 0.25) is 0 Å². The average Bonchev–Trinajstić information content (AvgIpc) is 2.51.